The second-order valence-corrected chi connectivity index (χ2v) is 23.1. The number of anilines is 6. The Morgan fingerprint density at radius 2 is 0.545 bits per heavy atom. The minimum atomic E-state index is -0.585. The molecule has 0 spiro atoms. The Kier molecular flexibility index (Phi) is 13.9. The fraction of sp³-hybridized carbons (Fsp3) is 0.0465. The second-order valence-electron chi connectivity index (χ2n) is 23.1. The molecule has 418 valence electrons. The highest BCUT2D eigenvalue weighted by molar-refractivity contribution is 5.93. The van der Waals surface area contributed by atoms with Crippen molar-refractivity contribution in [3.63, 3.8) is 0 Å². The van der Waals surface area contributed by atoms with Crippen LogP contribution in [-0.2, 0) is 10.8 Å². The lowest BCUT2D eigenvalue weighted by Gasteiger charge is -2.35. The Morgan fingerprint density at radius 1 is 0.227 bits per heavy atom. The fourth-order valence-corrected chi connectivity index (χ4v) is 14.4. The van der Waals surface area contributed by atoms with E-state index in [0.717, 1.165) is 45.3 Å². The third kappa shape index (κ3) is 9.04. The molecule has 13 aromatic rings. The summed E-state index contributed by atoms with van der Waals surface area (Å²) >= 11 is 0. The first-order valence-electron chi connectivity index (χ1n) is 30.6. The highest BCUT2D eigenvalue weighted by Crippen LogP contribution is 2.59. The molecular formula is C86H64N2. The van der Waals surface area contributed by atoms with Crippen molar-refractivity contribution in [2.75, 3.05) is 9.80 Å². The SMILES string of the molecule is C/C=C/c1cccc(-c2ccc(N(c3cccc(N(c4ccc(-c5cccc(/C=C/C)c5)cc4)c4ccc5c(c4)C(c4ccccc4)(c4ccccc4)c4ccccc4-5)c3)c3ccc4c(c3)C(c3ccccc3)(c3ccccc3)c3ccccc3-4)cc2)c1. The lowest BCUT2D eigenvalue weighted by atomic mass is 9.67. The summed E-state index contributed by atoms with van der Waals surface area (Å²) < 4.78 is 0. The maximum Gasteiger partial charge on any atom is 0.0714 e. The van der Waals surface area contributed by atoms with E-state index < -0.39 is 10.8 Å². The first-order chi connectivity index (χ1) is 43.5. The van der Waals surface area contributed by atoms with E-state index in [1.54, 1.807) is 0 Å². The highest BCUT2D eigenvalue weighted by Gasteiger charge is 2.48. The van der Waals surface area contributed by atoms with Gasteiger partial charge in [0.15, 0.2) is 0 Å². The molecule has 0 N–H and O–H groups in total. The lowest BCUT2D eigenvalue weighted by Crippen LogP contribution is -2.28. The first kappa shape index (κ1) is 53.7. The Labute approximate surface area is 517 Å². The van der Waals surface area contributed by atoms with Crippen LogP contribution in [0.3, 0.4) is 0 Å². The molecule has 13 aromatic carbocycles. The standard InChI is InChI=1S/C86H64N2/c1-3-24-61-26-21-28-65(56-61)63-44-48-71(49-45-63)87(75-52-54-79-77-40-17-19-42-81(77)85(83(79)59-75,67-30-9-5-10-31-67)68-32-11-6-12-33-68)73-38-23-39-74(58-73)88(72-50-46-64(47-51-72)66-29-22-27-62(57-66)25-4-2)76-53-55-80-78-41-18-20-43-82(78)86(84(80)60-76,69-34-13-7-14-35-69)70-36-15-8-16-37-70/h3-60H,1-2H3/b24-3+,25-4+. The van der Waals surface area contributed by atoms with Gasteiger partial charge in [-0.25, -0.2) is 0 Å². The normalized spacial score (nSPS) is 13.2. The minimum Gasteiger partial charge on any atom is -0.310 e. The monoisotopic (exact) mass is 1120 g/mol. The zero-order chi connectivity index (χ0) is 59.0. The summed E-state index contributed by atoms with van der Waals surface area (Å²) in [6.45, 7) is 4.14. The molecule has 0 bridgehead atoms. The smallest absolute Gasteiger partial charge is 0.0714 e. The van der Waals surface area contributed by atoms with Crippen LogP contribution in [0.25, 0.3) is 56.7 Å². The molecule has 2 nitrogen and oxygen atoms in total. The molecule has 2 heteroatoms. The summed E-state index contributed by atoms with van der Waals surface area (Å²) in [5.74, 6) is 0. The molecule has 2 aliphatic carbocycles. The molecule has 88 heavy (non-hydrogen) atoms. The van der Waals surface area contributed by atoms with Crippen molar-refractivity contribution in [3.05, 3.63) is 395 Å². The topological polar surface area (TPSA) is 6.48 Å². The third-order valence-corrected chi connectivity index (χ3v) is 18.2. The van der Waals surface area contributed by atoms with Gasteiger partial charge < -0.3 is 9.80 Å². The molecule has 0 fully saturated rings. The number of hydrogen-bond acceptors (Lipinski definition) is 2. The molecule has 2 aliphatic rings. The van der Waals surface area contributed by atoms with Crippen LogP contribution in [0.2, 0.25) is 0 Å². The van der Waals surface area contributed by atoms with E-state index in [-0.39, 0.29) is 0 Å². The van der Waals surface area contributed by atoms with Gasteiger partial charge in [0.25, 0.3) is 0 Å². The molecule has 0 aromatic heterocycles. The average Bonchev–Trinajstić information content (AvgIpc) is 1.56. The zero-order valence-electron chi connectivity index (χ0n) is 49.4. The average molecular weight is 1130 g/mol. The van der Waals surface area contributed by atoms with Crippen LogP contribution in [0.1, 0.15) is 69.5 Å². The van der Waals surface area contributed by atoms with Crippen LogP contribution in [0, 0.1) is 0 Å². The maximum absolute atomic E-state index is 2.48. The molecule has 0 aliphatic heterocycles. The van der Waals surface area contributed by atoms with Gasteiger partial charge in [0, 0.05) is 34.1 Å². The van der Waals surface area contributed by atoms with Crippen molar-refractivity contribution in [1.29, 1.82) is 0 Å². The fourth-order valence-electron chi connectivity index (χ4n) is 14.4. The summed E-state index contributed by atoms with van der Waals surface area (Å²) in [4.78, 5) is 4.92. The van der Waals surface area contributed by atoms with Gasteiger partial charge in [-0.2, -0.15) is 0 Å². The van der Waals surface area contributed by atoms with E-state index in [2.05, 4.69) is 376 Å². The molecule has 0 saturated heterocycles. The highest BCUT2D eigenvalue weighted by atomic mass is 15.2. The molecule has 0 amide bonds. The number of benzene rings is 13. The predicted molar refractivity (Wildman–Crippen MR) is 371 cm³/mol. The number of hydrogen-bond donors (Lipinski definition) is 0. The molecule has 0 atom stereocenters. The van der Waals surface area contributed by atoms with E-state index in [0.29, 0.717) is 0 Å². The van der Waals surface area contributed by atoms with Crippen molar-refractivity contribution >= 4 is 46.3 Å². The van der Waals surface area contributed by atoms with E-state index in [4.69, 9.17) is 0 Å². The second kappa shape index (κ2) is 22.7. The van der Waals surface area contributed by atoms with Crippen LogP contribution >= 0.6 is 0 Å². The molecule has 0 unspecified atom stereocenters. The van der Waals surface area contributed by atoms with Gasteiger partial charge in [0.2, 0.25) is 0 Å². The predicted octanol–water partition coefficient (Wildman–Crippen LogP) is 22.8. The van der Waals surface area contributed by atoms with Crippen molar-refractivity contribution in [1.82, 2.24) is 0 Å². The van der Waals surface area contributed by atoms with Crippen molar-refractivity contribution in [2.24, 2.45) is 0 Å². The van der Waals surface area contributed by atoms with Crippen LogP contribution in [0.4, 0.5) is 34.1 Å². The summed E-state index contributed by atoms with van der Waals surface area (Å²) in [6, 6.07) is 122. The van der Waals surface area contributed by atoms with Gasteiger partial charge >= 0.3 is 0 Å². The third-order valence-electron chi connectivity index (χ3n) is 18.2. The van der Waals surface area contributed by atoms with E-state index in [1.165, 1.54) is 89.0 Å². The zero-order valence-corrected chi connectivity index (χ0v) is 49.4. The van der Waals surface area contributed by atoms with Crippen molar-refractivity contribution < 1.29 is 0 Å². The Hall–Kier alpha value is -11.1. The largest absolute Gasteiger partial charge is 0.310 e. The van der Waals surface area contributed by atoms with Gasteiger partial charge in [0.05, 0.1) is 10.8 Å². The summed E-state index contributed by atoms with van der Waals surface area (Å²) in [5.41, 5.74) is 27.1. The van der Waals surface area contributed by atoms with Gasteiger partial charge in [-0.1, -0.05) is 273 Å². The van der Waals surface area contributed by atoms with Gasteiger partial charge in [-0.3, -0.25) is 0 Å². The summed E-state index contributed by atoms with van der Waals surface area (Å²) in [5, 5.41) is 0. The lowest BCUT2D eigenvalue weighted by molar-refractivity contribution is 0.768. The van der Waals surface area contributed by atoms with Crippen LogP contribution in [0.15, 0.2) is 340 Å². The van der Waals surface area contributed by atoms with Crippen LogP contribution in [-0.4, -0.2) is 0 Å². The van der Waals surface area contributed by atoms with Crippen molar-refractivity contribution in [2.45, 2.75) is 24.7 Å². The minimum absolute atomic E-state index is 0.585. The Balaban J connectivity index is 0.948. The van der Waals surface area contributed by atoms with Gasteiger partial charge in [-0.15, -0.1) is 0 Å². The number of allylic oxidation sites excluding steroid dienone is 2. The van der Waals surface area contributed by atoms with E-state index in [9.17, 15) is 0 Å². The van der Waals surface area contributed by atoms with Crippen molar-refractivity contribution in [3.8, 4) is 44.5 Å². The molecular weight excluding hydrogens is 1060 g/mol. The summed E-state index contributed by atoms with van der Waals surface area (Å²) in [7, 11) is 0. The van der Waals surface area contributed by atoms with Crippen LogP contribution in [0.5, 0.6) is 0 Å². The number of fused-ring (bicyclic) bond motifs is 6. The quantitative estimate of drug-likeness (QED) is 0.107. The molecule has 0 radical (unpaired) electrons. The molecule has 0 saturated carbocycles. The Bertz CT molecular complexity index is 4350. The van der Waals surface area contributed by atoms with E-state index in [1.807, 2.05) is 0 Å². The maximum atomic E-state index is 2.48. The van der Waals surface area contributed by atoms with Gasteiger partial charge in [-0.05, 0) is 193 Å². The summed E-state index contributed by atoms with van der Waals surface area (Å²) in [6.07, 6.45) is 8.52. The molecule has 15 rings (SSSR count). The number of nitrogens with zero attached hydrogens (tertiary/aromatic N) is 2. The Morgan fingerprint density at radius 3 is 0.920 bits per heavy atom. The van der Waals surface area contributed by atoms with Crippen LogP contribution < -0.4 is 9.80 Å². The molecule has 0 heterocycles. The van der Waals surface area contributed by atoms with Gasteiger partial charge in [0.1, 0.15) is 0 Å². The van der Waals surface area contributed by atoms with E-state index >= 15 is 0 Å². The number of rotatable bonds is 14. The first-order valence-corrected chi connectivity index (χ1v) is 30.6.